The average Bonchev–Trinajstić information content (AvgIpc) is 3.34. The van der Waals surface area contributed by atoms with E-state index in [4.69, 9.17) is 11.6 Å². The van der Waals surface area contributed by atoms with Crippen molar-refractivity contribution in [3.05, 3.63) is 71.1 Å². The summed E-state index contributed by atoms with van der Waals surface area (Å²) in [5, 5.41) is 15.3. The van der Waals surface area contributed by atoms with Crippen LogP contribution in [0.5, 0.6) is 0 Å². The molecule has 36 heavy (non-hydrogen) atoms. The number of carbonyl (C=O) groups excluding carboxylic acids is 2. The Balaban J connectivity index is 1.40. The molecule has 1 fully saturated rings. The summed E-state index contributed by atoms with van der Waals surface area (Å²) in [6.07, 6.45) is 6.41. The highest BCUT2D eigenvalue weighted by atomic mass is 35.5. The summed E-state index contributed by atoms with van der Waals surface area (Å²) < 4.78 is 1.79. The van der Waals surface area contributed by atoms with Crippen LogP contribution in [0.15, 0.2) is 54.9 Å². The van der Waals surface area contributed by atoms with E-state index in [2.05, 4.69) is 30.8 Å². The van der Waals surface area contributed by atoms with Gasteiger partial charge in [0.1, 0.15) is 11.9 Å². The maximum Gasteiger partial charge on any atom is 0.242 e. The highest BCUT2D eigenvalue weighted by Gasteiger charge is 2.43. The second-order valence-electron chi connectivity index (χ2n) is 9.61. The second-order valence-corrected chi connectivity index (χ2v) is 10.0. The molecule has 2 aliphatic rings. The predicted molar refractivity (Wildman–Crippen MR) is 137 cm³/mol. The third-order valence-corrected chi connectivity index (χ3v) is 7.33. The van der Waals surface area contributed by atoms with Crippen molar-refractivity contribution in [1.29, 1.82) is 0 Å². The van der Waals surface area contributed by atoms with E-state index in [1.165, 1.54) is 0 Å². The Bertz CT molecular complexity index is 1190. The fraction of sp³-hybridized carbons (Fsp3) is 0.423. The summed E-state index contributed by atoms with van der Waals surface area (Å²) in [5.41, 5.74) is 1.09. The first-order chi connectivity index (χ1) is 17.5. The third kappa shape index (κ3) is 5.51. The first-order valence-electron chi connectivity index (χ1n) is 12.4. The number of nitrogens with zero attached hydrogens (tertiary/aromatic N) is 5. The number of benzene rings is 1. The Morgan fingerprint density at radius 1 is 1.06 bits per heavy atom. The van der Waals surface area contributed by atoms with Crippen molar-refractivity contribution in [2.24, 2.45) is 5.41 Å². The van der Waals surface area contributed by atoms with Crippen molar-refractivity contribution in [3.8, 4) is 0 Å². The number of carbonyl (C=O) groups is 2. The van der Waals surface area contributed by atoms with Gasteiger partial charge in [0, 0.05) is 51.4 Å². The van der Waals surface area contributed by atoms with Crippen molar-refractivity contribution in [1.82, 2.24) is 30.6 Å². The molecule has 0 radical (unpaired) electrons. The monoisotopic (exact) mass is 507 g/mol. The molecule has 1 spiro atoms. The van der Waals surface area contributed by atoms with Crippen LogP contribution in [0.3, 0.4) is 0 Å². The molecule has 4 heterocycles. The molecule has 1 saturated heterocycles. The molecule has 2 N–H and O–H groups in total. The highest BCUT2D eigenvalue weighted by molar-refractivity contribution is 6.30. The van der Waals surface area contributed by atoms with Crippen LogP contribution in [0.1, 0.15) is 30.5 Å². The number of fused-ring (bicyclic) bond motifs is 2. The Morgan fingerprint density at radius 3 is 2.61 bits per heavy atom. The van der Waals surface area contributed by atoms with Crippen molar-refractivity contribution in [2.45, 2.75) is 44.7 Å². The van der Waals surface area contributed by atoms with Crippen molar-refractivity contribution in [2.75, 3.05) is 24.5 Å². The summed E-state index contributed by atoms with van der Waals surface area (Å²) >= 11 is 6.01. The van der Waals surface area contributed by atoms with Gasteiger partial charge in [-0.3, -0.25) is 14.3 Å². The maximum atomic E-state index is 13.9. The van der Waals surface area contributed by atoms with E-state index < -0.39 is 11.5 Å². The van der Waals surface area contributed by atoms with Gasteiger partial charge >= 0.3 is 0 Å². The van der Waals surface area contributed by atoms with Gasteiger partial charge in [-0.05, 0) is 37.0 Å². The number of aromatic nitrogens is 4. The quantitative estimate of drug-likeness (QED) is 0.564. The molecule has 3 aromatic rings. The maximum absolute atomic E-state index is 13.9. The summed E-state index contributed by atoms with van der Waals surface area (Å²) in [7, 11) is 0. The number of pyridine rings is 1. The zero-order chi connectivity index (χ0) is 25.0. The van der Waals surface area contributed by atoms with Crippen molar-refractivity contribution < 1.29 is 9.59 Å². The number of anilines is 1. The SMILES string of the molecule is O=C1NCCCn2cc(nn2)CC2(CCN(c3ccc(Cl)cn3)CC2)C(=O)N[C@H]1Cc1ccccc1. The van der Waals surface area contributed by atoms with Crippen molar-refractivity contribution >= 4 is 29.2 Å². The second kappa shape index (κ2) is 10.7. The van der Waals surface area contributed by atoms with Gasteiger partial charge in [-0.2, -0.15) is 0 Å². The van der Waals surface area contributed by atoms with Gasteiger partial charge in [0.15, 0.2) is 0 Å². The average molecular weight is 508 g/mol. The predicted octanol–water partition coefficient (Wildman–Crippen LogP) is 2.40. The van der Waals surface area contributed by atoms with E-state index >= 15 is 0 Å². The number of hydrogen-bond acceptors (Lipinski definition) is 6. The molecule has 1 aromatic carbocycles. The summed E-state index contributed by atoms with van der Waals surface area (Å²) in [5.74, 6) is 0.561. The smallest absolute Gasteiger partial charge is 0.242 e. The third-order valence-electron chi connectivity index (χ3n) is 7.11. The molecule has 2 aromatic heterocycles. The largest absolute Gasteiger partial charge is 0.357 e. The van der Waals surface area contributed by atoms with E-state index in [1.807, 2.05) is 48.7 Å². The number of aryl methyl sites for hydroxylation is 1. The first kappa shape index (κ1) is 24.2. The van der Waals surface area contributed by atoms with Crippen LogP contribution in [-0.4, -0.2) is 57.5 Å². The Labute approximate surface area is 215 Å². The van der Waals surface area contributed by atoms with Gasteiger partial charge in [-0.15, -0.1) is 5.10 Å². The van der Waals surface area contributed by atoms with Crippen LogP contribution in [0, 0.1) is 5.41 Å². The van der Waals surface area contributed by atoms with Gasteiger partial charge in [0.2, 0.25) is 11.8 Å². The lowest BCUT2D eigenvalue weighted by molar-refractivity contribution is -0.136. The lowest BCUT2D eigenvalue weighted by Crippen LogP contribution is -2.56. The molecule has 188 valence electrons. The molecule has 2 amide bonds. The molecule has 0 saturated carbocycles. The number of piperidine rings is 1. The normalized spacial score (nSPS) is 20.6. The Hall–Kier alpha value is -3.46. The summed E-state index contributed by atoms with van der Waals surface area (Å²) in [6, 6.07) is 12.9. The fourth-order valence-electron chi connectivity index (χ4n) is 5.02. The minimum Gasteiger partial charge on any atom is -0.357 e. The molecule has 0 aliphatic carbocycles. The number of rotatable bonds is 3. The molecular formula is C26H30ClN7O2. The van der Waals surface area contributed by atoms with Crippen LogP contribution in [0.2, 0.25) is 5.02 Å². The van der Waals surface area contributed by atoms with Gasteiger partial charge < -0.3 is 15.5 Å². The Kier molecular flexibility index (Phi) is 7.18. The van der Waals surface area contributed by atoms with Crippen LogP contribution in [0.25, 0.3) is 0 Å². The summed E-state index contributed by atoms with van der Waals surface area (Å²) in [4.78, 5) is 33.7. The number of amides is 2. The minimum absolute atomic E-state index is 0.115. The Morgan fingerprint density at radius 2 is 1.86 bits per heavy atom. The van der Waals surface area contributed by atoms with Gasteiger partial charge in [-0.1, -0.05) is 47.1 Å². The lowest BCUT2D eigenvalue weighted by atomic mass is 9.73. The molecule has 0 unspecified atom stereocenters. The zero-order valence-electron chi connectivity index (χ0n) is 20.1. The zero-order valence-corrected chi connectivity index (χ0v) is 20.8. The van der Waals surface area contributed by atoms with Gasteiger partial charge in [0.05, 0.1) is 16.1 Å². The number of nitrogens with one attached hydrogen (secondary N) is 2. The van der Waals surface area contributed by atoms with E-state index in [9.17, 15) is 9.59 Å². The molecule has 2 aliphatic heterocycles. The standard InChI is InChI=1S/C26H30ClN7O2/c27-20-7-8-23(29-17-20)33-13-9-26(10-14-33)16-21-18-34(32-31-21)12-4-11-28-24(35)22(30-25(26)36)15-19-5-2-1-3-6-19/h1-3,5-8,17-18,22H,4,9-16H2,(H,28,35)(H,30,36)/t22-/m0/s1. The minimum atomic E-state index is -0.701. The van der Waals surface area contributed by atoms with E-state index in [1.54, 1.807) is 10.9 Å². The number of hydrogen-bond donors (Lipinski definition) is 2. The molecule has 10 heteroatoms. The molecule has 5 rings (SSSR count). The summed E-state index contributed by atoms with van der Waals surface area (Å²) in [6.45, 7) is 2.47. The van der Waals surface area contributed by atoms with Crippen LogP contribution >= 0.6 is 11.6 Å². The number of halogens is 1. The molecule has 9 nitrogen and oxygen atoms in total. The highest BCUT2D eigenvalue weighted by Crippen LogP contribution is 2.37. The van der Waals surface area contributed by atoms with E-state index in [0.29, 0.717) is 56.9 Å². The van der Waals surface area contributed by atoms with Gasteiger partial charge in [-0.25, -0.2) is 4.98 Å². The van der Waals surface area contributed by atoms with Gasteiger partial charge in [0.25, 0.3) is 0 Å². The van der Waals surface area contributed by atoms with Crippen LogP contribution in [-0.2, 0) is 29.0 Å². The van der Waals surface area contributed by atoms with Crippen LogP contribution < -0.4 is 15.5 Å². The fourth-order valence-corrected chi connectivity index (χ4v) is 5.14. The molecular weight excluding hydrogens is 478 g/mol. The van der Waals surface area contributed by atoms with E-state index in [-0.39, 0.29) is 11.8 Å². The molecule has 2 bridgehead atoms. The van der Waals surface area contributed by atoms with E-state index in [0.717, 1.165) is 23.5 Å². The van der Waals surface area contributed by atoms with Crippen LogP contribution in [0.4, 0.5) is 5.82 Å². The first-order valence-corrected chi connectivity index (χ1v) is 12.8. The molecule has 1 atom stereocenters. The topological polar surface area (TPSA) is 105 Å². The lowest BCUT2D eigenvalue weighted by Gasteiger charge is -2.41. The van der Waals surface area contributed by atoms with Crippen molar-refractivity contribution in [3.63, 3.8) is 0 Å².